The first-order valence-corrected chi connectivity index (χ1v) is 3.64. The van der Waals surface area contributed by atoms with E-state index >= 15 is 0 Å². The molecule has 0 spiro atoms. The number of hydrogen-bond donors (Lipinski definition) is 1. The zero-order valence-corrected chi connectivity index (χ0v) is 6.45. The molecule has 4 heteroatoms. The summed E-state index contributed by atoms with van der Waals surface area (Å²) in [7, 11) is 0. The standard InChI is InChI=1S/C8H10F2N2/c9-8(10)4-7(11)6-2-1-3-12-5-6/h1-3,5,7-8H,4,11H2/t7-/m0/s1. The van der Waals surface area contributed by atoms with Crippen LogP contribution in [0.1, 0.15) is 18.0 Å². The van der Waals surface area contributed by atoms with Crippen molar-refractivity contribution in [2.75, 3.05) is 0 Å². The molecular formula is C8H10F2N2. The molecule has 1 heterocycles. The highest BCUT2D eigenvalue weighted by Crippen LogP contribution is 2.16. The molecule has 0 fully saturated rings. The van der Waals surface area contributed by atoms with Crippen molar-refractivity contribution < 1.29 is 8.78 Å². The number of nitrogens with zero attached hydrogens (tertiary/aromatic N) is 1. The van der Waals surface area contributed by atoms with E-state index < -0.39 is 12.5 Å². The lowest BCUT2D eigenvalue weighted by Crippen LogP contribution is -2.13. The summed E-state index contributed by atoms with van der Waals surface area (Å²) in [5.74, 6) is 0. The van der Waals surface area contributed by atoms with Gasteiger partial charge in [0.05, 0.1) is 0 Å². The van der Waals surface area contributed by atoms with Gasteiger partial charge >= 0.3 is 0 Å². The Hall–Kier alpha value is -1.03. The molecule has 0 saturated heterocycles. The summed E-state index contributed by atoms with van der Waals surface area (Å²) in [6, 6.07) is 2.76. The minimum absolute atomic E-state index is 0.314. The molecule has 12 heavy (non-hydrogen) atoms. The smallest absolute Gasteiger partial charge is 0.240 e. The van der Waals surface area contributed by atoms with Crippen molar-refractivity contribution in [3.05, 3.63) is 30.1 Å². The maximum absolute atomic E-state index is 11.9. The summed E-state index contributed by atoms with van der Waals surface area (Å²) < 4.78 is 23.7. The summed E-state index contributed by atoms with van der Waals surface area (Å²) in [4.78, 5) is 3.79. The summed E-state index contributed by atoms with van der Waals surface area (Å²) in [5, 5.41) is 0. The van der Waals surface area contributed by atoms with E-state index in [2.05, 4.69) is 4.98 Å². The van der Waals surface area contributed by atoms with Crippen molar-refractivity contribution in [3.63, 3.8) is 0 Å². The number of rotatable bonds is 3. The monoisotopic (exact) mass is 172 g/mol. The largest absolute Gasteiger partial charge is 0.324 e. The zero-order chi connectivity index (χ0) is 8.97. The number of aromatic nitrogens is 1. The van der Waals surface area contributed by atoms with E-state index in [4.69, 9.17) is 5.73 Å². The molecular weight excluding hydrogens is 162 g/mol. The van der Waals surface area contributed by atoms with Gasteiger partial charge in [0.2, 0.25) is 6.43 Å². The third kappa shape index (κ3) is 2.54. The Morgan fingerprint density at radius 3 is 2.75 bits per heavy atom. The van der Waals surface area contributed by atoms with Crippen LogP contribution in [0.3, 0.4) is 0 Å². The lowest BCUT2D eigenvalue weighted by Gasteiger charge is -2.09. The third-order valence-electron chi connectivity index (χ3n) is 1.54. The zero-order valence-electron chi connectivity index (χ0n) is 6.45. The Morgan fingerprint density at radius 1 is 1.50 bits per heavy atom. The molecule has 2 N–H and O–H groups in total. The van der Waals surface area contributed by atoms with Crippen LogP contribution in [0, 0.1) is 0 Å². The molecule has 2 nitrogen and oxygen atoms in total. The number of pyridine rings is 1. The molecule has 1 atom stereocenters. The fraction of sp³-hybridized carbons (Fsp3) is 0.375. The Labute approximate surface area is 69.4 Å². The average Bonchev–Trinajstić information content (AvgIpc) is 2.05. The van der Waals surface area contributed by atoms with Crippen LogP contribution in [-0.2, 0) is 0 Å². The van der Waals surface area contributed by atoms with Gasteiger partial charge in [-0.2, -0.15) is 0 Å². The molecule has 0 radical (unpaired) electrons. The molecule has 0 saturated carbocycles. The fourth-order valence-electron chi connectivity index (χ4n) is 0.923. The molecule has 0 aliphatic heterocycles. The van der Waals surface area contributed by atoms with E-state index in [1.165, 1.54) is 6.20 Å². The number of alkyl halides is 2. The number of halogens is 2. The fourth-order valence-corrected chi connectivity index (χ4v) is 0.923. The summed E-state index contributed by atoms with van der Waals surface area (Å²) in [6.45, 7) is 0. The topological polar surface area (TPSA) is 38.9 Å². The van der Waals surface area contributed by atoms with Gasteiger partial charge < -0.3 is 5.73 Å². The molecule has 0 amide bonds. The van der Waals surface area contributed by atoms with E-state index in [0.717, 1.165) is 0 Å². The van der Waals surface area contributed by atoms with E-state index in [9.17, 15) is 8.78 Å². The van der Waals surface area contributed by atoms with Gasteiger partial charge in [0.15, 0.2) is 0 Å². The van der Waals surface area contributed by atoms with Crippen molar-refractivity contribution in [1.29, 1.82) is 0 Å². The lowest BCUT2D eigenvalue weighted by molar-refractivity contribution is 0.128. The first-order valence-electron chi connectivity index (χ1n) is 3.64. The van der Waals surface area contributed by atoms with Crippen LogP contribution in [0.25, 0.3) is 0 Å². The quantitative estimate of drug-likeness (QED) is 0.754. The van der Waals surface area contributed by atoms with Crippen molar-refractivity contribution in [2.45, 2.75) is 18.9 Å². The Kier molecular flexibility index (Phi) is 3.10. The van der Waals surface area contributed by atoms with Crippen LogP contribution in [0.5, 0.6) is 0 Å². The Balaban J connectivity index is 2.59. The van der Waals surface area contributed by atoms with Gasteiger partial charge in [-0.05, 0) is 11.6 Å². The van der Waals surface area contributed by atoms with E-state index in [1.54, 1.807) is 18.3 Å². The molecule has 66 valence electrons. The summed E-state index contributed by atoms with van der Waals surface area (Å²) in [5.41, 5.74) is 6.13. The minimum Gasteiger partial charge on any atom is -0.324 e. The van der Waals surface area contributed by atoms with Crippen LogP contribution in [0.4, 0.5) is 8.78 Å². The predicted octanol–water partition coefficient (Wildman–Crippen LogP) is 1.74. The molecule has 0 aromatic carbocycles. The van der Waals surface area contributed by atoms with Crippen LogP contribution in [-0.4, -0.2) is 11.4 Å². The van der Waals surface area contributed by atoms with Crippen LogP contribution >= 0.6 is 0 Å². The Bertz CT molecular complexity index is 226. The van der Waals surface area contributed by atoms with Crippen LogP contribution < -0.4 is 5.73 Å². The van der Waals surface area contributed by atoms with E-state index in [1.807, 2.05) is 0 Å². The van der Waals surface area contributed by atoms with Gasteiger partial charge in [0, 0.05) is 24.9 Å². The first kappa shape index (κ1) is 9.06. The van der Waals surface area contributed by atoms with Crippen LogP contribution in [0.15, 0.2) is 24.5 Å². The highest BCUT2D eigenvalue weighted by Gasteiger charge is 2.12. The first-order chi connectivity index (χ1) is 5.70. The maximum atomic E-state index is 11.9. The van der Waals surface area contributed by atoms with Crippen molar-refractivity contribution in [1.82, 2.24) is 4.98 Å². The van der Waals surface area contributed by atoms with E-state index in [0.29, 0.717) is 5.56 Å². The molecule has 1 aromatic rings. The van der Waals surface area contributed by atoms with Gasteiger partial charge in [-0.3, -0.25) is 4.98 Å². The summed E-state index contributed by atoms with van der Waals surface area (Å²) >= 11 is 0. The maximum Gasteiger partial charge on any atom is 0.240 e. The second kappa shape index (κ2) is 4.11. The van der Waals surface area contributed by atoms with Gasteiger partial charge in [-0.15, -0.1) is 0 Å². The molecule has 0 bridgehead atoms. The highest BCUT2D eigenvalue weighted by atomic mass is 19.3. The lowest BCUT2D eigenvalue weighted by atomic mass is 10.1. The van der Waals surface area contributed by atoms with Crippen molar-refractivity contribution in [2.24, 2.45) is 5.73 Å². The van der Waals surface area contributed by atoms with Gasteiger partial charge in [0.1, 0.15) is 0 Å². The van der Waals surface area contributed by atoms with Crippen LogP contribution in [0.2, 0.25) is 0 Å². The van der Waals surface area contributed by atoms with Gasteiger partial charge in [-0.1, -0.05) is 6.07 Å². The molecule has 0 aliphatic rings. The molecule has 1 rings (SSSR count). The molecule has 0 aliphatic carbocycles. The minimum atomic E-state index is -2.36. The summed E-state index contributed by atoms with van der Waals surface area (Å²) in [6.07, 6.45) is 0.414. The van der Waals surface area contributed by atoms with E-state index in [-0.39, 0.29) is 6.42 Å². The second-order valence-corrected chi connectivity index (χ2v) is 2.52. The predicted molar refractivity (Wildman–Crippen MR) is 41.8 cm³/mol. The normalized spacial score (nSPS) is 13.3. The SMILES string of the molecule is N[C@@H](CC(F)F)c1cccnc1. The molecule has 1 aromatic heterocycles. The van der Waals surface area contributed by atoms with Gasteiger partial charge in [-0.25, -0.2) is 8.78 Å². The second-order valence-electron chi connectivity index (χ2n) is 2.52. The number of hydrogen-bond acceptors (Lipinski definition) is 2. The average molecular weight is 172 g/mol. The Morgan fingerprint density at radius 2 is 2.25 bits per heavy atom. The highest BCUT2D eigenvalue weighted by molar-refractivity contribution is 5.12. The molecule has 0 unspecified atom stereocenters. The van der Waals surface area contributed by atoms with Gasteiger partial charge in [0.25, 0.3) is 0 Å². The third-order valence-corrected chi connectivity index (χ3v) is 1.54. The van der Waals surface area contributed by atoms with Crippen molar-refractivity contribution >= 4 is 0 Å². The van der Waals surface area contributed by atoms with Crippen molar-refractivity contribution in [3.8, 4) is 0 Å². The number of nitrogens with two attached hydrogens (primary N) is 1.